The third-order valence-corrected chi connectivity index (χ3v) is 3.27. The van der Waals surface area contributed by atoms with E-state index in [1.54, 1.807) is 0 Å². The van der Waals surface area contributed by atoms with Gasteiger partial charge in [0, 0.05) is 12.5 Å². The molecular weight excluding hydrogens is 198 g/mol. The molecule has 0 heterocycles. The highest BCUT2D eigenvalue weighted by Gasteiger charge is 2.44. The van der Waals surface area contributed by atoms with E-state index in [-0.39, 0.29) is 11.8 Å². The van der Waals surface area contributed by atoms with Crippen molar-refractivity contribution >= 4 is 0 Å². The second kappa shape index (κ2) is 3.56. The van der Waals surface area contributed by atoms with Crippen LogP contribution in [-0.4, -0.2) is 11.2 Å². The normalized spacial score (nSPS) is 20.0. The lowest BCUT2D eigenvalue weighted by molar-refractivity contribution is 0.102. The first-order chi connectivity index (χ1) is 7.01. The van der Waals surface area contributed by atoms with Gasteiger partial charge >= 0.3 is 0 Å². The lowest BCUT2D eigenvalue weighted by Crippen LogP contribution is -2.22. The van der Waals surface area contributed by atoms with Crippen molar-refractivity contribution in [3.05, 3.63) is 35.4 Å². The van der Waals surface area contributed by atoms with Gasteiger partial charge in [-0.3, -0.25) is 0 Å². The maximum absolute atomic E-state index is 13.3. The minimum atomic E-state index is -0.580. The van der Waals surface area contributed by atoms with Crippen molar-refractivity contribution in [2.24, 2.45) is 5.41 Å². The molecule has 1 unspecified atom stereocenters. The van der Waals surface area contributed by atoms with Gasteiger partial charge in [-0.25, -0.2) is 8.78 Å². The van der Waals surface area contributed by atoms with Crippen LogP contribution in [0.4, 0.5) is 8.78 Å². The number of rotatable bonds is 3. The van der Waals surface area contributed by atoms with Gasteiger partial charge in [-0.15, -0.1) is 0 Å². The number of aliphatic hydroxyl groups excluding tert-OH is 1. The zero-order chi connectivity index (χ0) is 11.1. The molecule has 1 aliphatic carbocycles. The molecule has 1 aliphatic rings. The molecule has 82 valence electrons. The summed E-state index contributed by atoms with van der Waals surface area (Å²) in [6.45, 7) is 1.99. The fraction of sp³-hybridized carbons (Fsp3) is 0.500. The van der Waals surface area contributed by atoms with Crippen molar-refractivity contribution < 1.29 is 13.9 Å². The van der Waals surface area contributed by atoms with E-state index in [4.69, 9.17) is 0 Å². The zero-order valence-corrected chi connectivity index (χ0v) is 8.63. The molecule has 0 radical (unpaired) electrons. The predicted molar refractivity (Wildman–Crippen MR) is 53.4 cm³/mol. The van der Waals surface area contributed by atoms with Gasteiger partial charge < -0.3 is 5.11 Å². The molecule has 2 rings (SSSR count). The Morgan fingerprint density at radius 3 is 2.60 bits per heavy atom. The van der Waals surface area contributed by atoms with E-state index in [9.17, 15) is 13.9 Å². The molecule has 1 saturated carbocycles. The maximum atomic E-state index is 13.3. The summed E-state index contributed by atoms with van der Waals surface area (Å²) in [7, 11) is 0. The van der Waals surface area contributed by atoms with Crippen LogP contribution < -0.4 is 0 Å². The fourth-order valence-corrected chi connectivity index (χ4v) is 1.67. The molecule has 0 bridgehead atoms. The monoisotopic (exact) mass is 212 g/mol. The van der Waals surface area contributed by atoms with Gasteiger partial charge in [0.15, 0.2) is 0 Å². The zero-order valence-electron chi connectivity index (χ0n) is 8.63. The molecule has 1 N–H and O–H groups in total. The summed E-state index contributed by atoms with van der Waals surface area (Å²) in [6, 6.07) is 3.48. The van der Waals surface area contributed by atoms with E-state index in [1.807, 2.05) is 6.92 Å². The standard InChI is InChI=1S/C12H14F2O/c1-12(4-5-12)11(15)6-8-2-3-9(13)7-10(8)14/h2-3,7,11,15H,4-6H2,1H3. The van der Waals surface area contributed by atoms with Crippen molar-refractivity contribution in [3.8, 4) is 0 Å². The summed E-state index contributed by atoms with van der Waals surface area (Å²) in [4.78, 5) is 0. The van der Waals surface area contributed by atoms with Crippen molar-refractivity contribution in [1.29, 1.82) is 0 Å². The summed E-state index contributed by atoms with van der Waals surface area (Å²) in [5.74, 6) is -1.15. The molecule has 1 aromatic carbocycles. The van der Waals surface area contributed by atoms with E-state index in [2.05, 4.69) is 0 Å². The summed E-state index contributed by atoms with van der Waals surface area (Å²) in [5.41, 5.74) is 0.331. The second-order valence-electron chi connectivity index (χ2n) is 4.61. The maximum Gasteiger partial charge on any atom is 0.129 e. The highest BCUT2D eigenvalue weighted by atomic mass is 19.1. The smallest absolute Gasteiger partial charge is 0.129 e. The van der Waals surface area contributed by atoms with Crippen molar-refractivity contribution in [2.45, 2.75) is 32.3 Å². The van der Waals surface area contributed by atoms with Crippen LogP contribution in [0.1, 0.15) is 25.3 Å². The molecule has 15 heavy (non-hydrogen) atoms. The molecule has 3 heteroatoms. The SMILES string of the molecule is CC1(C(O)Cc2ccc(F)cc2F)CC1. The van der Waals surface area contributed by atoms with Crippen LogP contribution in [0.25, 0.3) is 0 Å². The highest BCUT2D eigenvalue weighted by Crippen LogP contribution is 2.48. The second-order valence-corrected chi connectivity index (χ2v) is 4.61. The van der Waals surface area contributed by atoms with Crippen LogP contribution >= 0.6 is 0 Å². The molecule has 0 amide bonds. The molecule has 0 saturated heterocycles. The Balaban J connectivity index is 2.10. The molecule has 1 nitrogen and oxygen atoms in total. The van der Waals surface area contributed by atoms with Gasteiger partial charge in [0.05, 0.1) is 6.10 Å². The fourth-order valence-electron chi connectivity index (χ4n) is 1.67. The van der Waals surface area contributed by atoms with Gasteiger partial charge in [-0.2, -0.15) is 0 Å². The Hall–Kier alpha value is -0.960. The Bertz CT molecular complexity index is 372. The van der Waals surface area contributed by atoms with E-state index in [0.29, 0.717) is 5.56 Å². The summed E-state index contributed by atoms with van der Waals surface area (Å²) in [5, 5.41) is 9.83. The summed E-state index contributed by atoms with van der Waals surface area (Å²) >= 11 is 0. The number of hydrogen-bond donors (Lipinski definition) is 1. The molecule has 1 aromatic rings. The first-order valence-corrected chi connectivity index (χ1v) is 5.13. The van der Waals surface area contributed by atoms with Crippen molar-refractivity contribution in [2.75, 3.05) is 0 Å². The van der Waals surface area contributed by atoms with Gasteiger partial charge in [0.1, 0.15) is 11.6 Å². The molecule has 0 aromatic heterocycles. The highest BCUT2D eigenvalue weighted by molar-refractivity contribution is 5.20. The topological polar surface area (TPSA) is 20.2 Å². The van der Waals surface area contributed by atoms with Gasteiger partial charge in [-0.05, 0) is 29.9 Å². The molecular formula is C12H14F2O. The lowest BCUT2D eigenvalue weighted by Gasteiger charge is -2.17. The van der Waals surface area contributed by atoms with E-state index in [0.717, 1.165) is 18.9 Å². The minimum absolute atomic E-state index is 0.0547. The van der Waals surface area contributed by atoms with Crippen LogP contribution in [0, 0.1) is 17.0 Å². The first kappa shape index (κ1) is 10.6. The molecule has 1 atom stereocenters. The van der Waals surface area contributed by atoms with Crippen molar-refractivity contribution in [1.82, 2.24) is 0 Å². The van der Waals surface area contributed by atoms with Crippen LogP contribution in [-0.2, 0) is 6.42 Å². The van der Waals surface area contributed by atoms with Gasteiger partial charge in [-0.1, -0.05) is 13.0 Å². The lowest BCUT2D eigenvalue weighted by atomic mass is 9.95. The number of hydrogen-bond acceptors (Lipinski definition) is 1. The average Bonchev–Trinajstić information content (AvgIpc) is 2.90. The summed E-state index contributed by atoms with van der Waals surface area (Å²) < 4.78 is 25.9. The minimum Gasteiger partial charge on any atom is -0.392 e. The Labute approximate surface area is 87.7 Å². The Morgan fingerprint density at radius 2 is 2.07 bits per heavy atom. The quantitative estimate of drug-likeness (QED) is 0.816. The predicted octanol–water partition coefficient (Wildman–Crippen LogP) is 2.67. The van der Waals surface area contributed by atoms with Gasteiger partial charge in [0.2, 0.25) is 0 Å². The molecule has 1 fully saturated rings. The third kappa shape index (κ3) is 2.17. The molecule has 0 aliphatic heterocycles. The van der Waals surface area contributed by atoms with Gasteiger partial charge in [0.25, 0.3) is 0 Å². The van der Waals surface area contributed by atoms with Crippen molar-refractivity contribution in [3.63, 3.8) is 0 Å². The Kier molecular flexibility index (Phi) is 2.51. The van der Waals surface area contributed by atoms with Crippen LogP contribution in [0.3, 0.4) is 0 Å². The van der Waals surface area contributed by atoms with Crippen LogP contribution in [0.5, 0.6) is 0 Å². The Morgan fingerprint density at radius 1 is 1.40 bits per heavy atom. The number of benzene rings is 1. The van der Waals surface area contributed by atoms with E-state index >= 15 is 0 Å². The third-order valence-electron chi connectivity index (χ3n) is 3.27. The largest absolute Gasteiger partial charge is 0.392 e. The number of halogens is 2. The van der Waals surface area contributed by atoms with E-state index in [1.165, 1.54) is 12.1 Å². The average molecular weight is 212 g/mol. The van der Waals surface area contributed by atoms with Crippen LogP contribution in [0.15, 0.2) is 18.2 Å². The summed E-state index contributed by atoms with van der Waals surface area (Å²) in [6.07, 6.45) is 1.70. The van der Waals surface area contributed by atoms with Crippen LogP contribution in [0.2, 0.25) is 0 Å². The first-order valence-electron chi connectivity index (χ1n) is 5.13. The molecule has 0 spiro atoms. The number of aliphatic hydroxyl groups is 1. The van der Waals surface area contributed by atoms with E-state index < -0.39 is 17.7 Å².